The Kier molecular flexibility index (Phi) is 64.5. The van der Waals surface area contributed by atoms with Crippen LogP contribution >= 0.6 is 0 Å². The predicted molar refractivity (Wildman–Crippen MR) is 8.26 cm³/mol. The van der Waals surface area contributed by atoms with E-state index in [-0.39, 0.29) is 51.6 Å². The summed E-state index contributed by atoms with van der Waals surface area (Å²) in [6.45, 7) is 0. The van der Waals surface area contributed by atoms with Crippen LogP contribution in [0.4, 0.5) is 0.312 Å². The number of rotatable bonds is 0. The average molecular weight is 289 g/mol. The van der Waals surface area contributed by atoms with Crippen molar-refractivity contribution in [3.8, 4) is 0 Å². The van der Waals surface area contributed by atoms with Crippen LogP contribution in [0.5, 0.6) is 0 Å². The van der Waals surface area contributed by atoms with E-state index in [0.29, 0.717) is 0 Å². The van der Waals surface area contributed by atoms with Crippen molar-refractivity contribution < 1.29 is 78.6 Å². The van der Waals surface area contributed by atoms with Gasteiger partial charge in [-0.15, -0.1) is 0 Å². The molecule has 0 saturated carbocycles. The summed E-state index contributed by atoms with van der Waals surface area (Å²) in [6, 6.07) is 0. The summed E-state index contributed by atoms with van der Waals surface area (Å²) < 4.78 is 9.36. The zero-order valence-corrected chi connectivity index (χ0v) is 5.78. The van der Waals surface area contributed by atoms with Crippen LogP contribution < -0.4 is 0 Å². The Hall–Kier alpha value is 3.15. The van der Waals surface area contributed by atoms with Gasteiger partial charge in [-0.25, -0.2) is 0 Å². The van der Waals surface area contributed by atoms with Gasteiger partial charge in [0.2, 0.25) is 0 Å². The first-order valence-corrected chi connectivity index (χ1v) is 0.749. The van der Waals surface area contributed by atoms with Crippen molar-refractivity contribution in [1.82, 2.24) is 0 Å². The molecular formula is HFLiYYb. The molecule has 0 saturated heterocycles. The van der Waals surface area contributed by atoms with Crippen LogP contribution in [-0.2, 0) is 32.7 Å². The quantitative estimate of drug-likeness (QED) is 0.540. The van der Waals surface area contributed by atoms with Crippen LogP contribution in [0.3, 0.4) is 0 Å². The number of hydrogen-bond donors (Lipinski definition) is 0. The van der Waals surface area contributed by atoms with Crippen LogP contribution in [0, 0.1) is 45.5 Å². The third kappa shape index (κ3) is 8.94. The van der Waals surface area contributed by atoms with Crippen molar-refractivity contribution >= 4 is 18.9 Å². The van der Waals surface area contributed by atoms with Crippen molar-refractivity contribution in [1.29, 1.82) is 0 Å². The van der Waals surface area contributed by atoms with Crippen molar-refractivity contribution in [2.75, 3.05) is 0 Å². The van der Waals surface area contributed by atoms with Crippen LogP contribution in [0.25, 0.3) is 0 Å². The second kappa shape index (κ2) is 16.4. The standard InChI is InChI=1S/FH.Li.Y.Yb.H/h1H;;;;/q;;;+1;/p-1. The molecule has 0 rings (SSSR count). The van der Waals surface area contributed by atoms with E-state index in [1.165, 1.54) is 45.5 Å². The molecule has 0 heterocycles. The fourth-order valence-electron chi connectivity index (χ4n) is 0. The summed E-state index contributed by atoms with van der Waals surface area (Å²) in [5, 5.41) is 0. The van der Waals surface area contributed by atoms with Gasteiger partial charge in [0.1, 0.15) is 0 Å². The molecule has 0 nitrogen and oxygen atoms in total. The molecule has 4 heavy (non-hydrogen) atoms. The summed E-state index contributed by atoms with van der Waals surface area (Å²) in [5.74, 6) is 0. The third-order valence-corrected chi connectivity index (χ3v) is 0. The molecule has 0 bridgehead atoms. The molecule has 0 aliphatic heterocycles. The van der Waals surface area contributed by atoms with Gasteiger partial charge in [-0.1, -0.05) is 0 Å². The van der Waals surface area contributed by atoms with Crippen molar-refractivity contribution in [2.24, 2.45) is 0 Å². The fourth-order valence-corrected chi connectivity index (χ4v) is 0. The molecule has 0 fully saturated rings. The Bertz CT molecular complexity index is 8.00. The fraction of sp³-hybridized carbons (Fsp3) is 0. The summed E-state index contributed by atoms with van der Waals surface area (Å²) in [6.07, 6.45) is 0. The minimum Gasteiger partial charge on any atom is 0 e. The number of halogens is 1. The van der Waals surface area contributed by atoms with E-state index in [2.05, 4.69) is 0 Å². The van der Waals surface area contributed by atoms with E-state index < -0.39 is 0 Å². The molecule has 0 aromatic carbocycles. The van der Waals surface area contributed by atoms with Crippen molar-refractivity contribution in [3.05, 3.63) is 0 Å². The summed E-state index contributed by atoms with van der Waals surface area (Å²) in [4.78, 5) is 0. The van der Waals surface area contributed by atoms with E-state index in [4.69, 9.17) is 0 Å². The van der Waals surface area contributed by atoms with Gasteiger partial charge in [-0.05, 0) is 0 Å². The molecule has 0 unspecified atom stereocenters. The van der Waals surface area contributed by atoms with Gasteiger partial charge in [0.05, 0.1) is 0 Å². The van der Waals surface area contributed by atoms with Crippen molar-refractivity contribution in [2.45, 2.75) is 0 Å². The van der Waals surface area contributed by atoms with Gasteiger partial charge >= 0.3 is 64.7 Å². The minimum atomic E-state index is 0. The van der Waals surface area contributed by atoms with E-state index >= 15 is 0 Å². The van der Waals surface area contributed by atoms with Gasteiger partial charge in [-0.2, -0.15) is 0 Å². The van der Waals surface area contributed by atoms with Crippen molar-refractivity contribution in [3.63, 3.8) is 0 Å². The first-order valence-electron chi connectivity index (χ1n) is 0.101. The molecule has 0 atom stereocenters. The largest absolute Gasteiger partial charge is 0 e. The topological polar surface area (TPSA) is 0 Å². The van der Waals surface area contributed by atoms with Crippen LogP contribution in [0.1, 0.15) is 0 Å². The monoisotopic (exact) mass is 290 g/mol. The first-order chi connectivity index (χ1) is 1.00. The average Bonchev–Trinajstić information content (AvgIpc) is 1.00. The third-order valence-electron chi connectivity index (χ3n) is 0. The predicted octanol–water partition coefficient (Wildman–Crippen LogP) is -0.231. The van der Waals surface area contributed by atoms with Gasteiger partial charge in [0, 0.05) is 32.7 Å². The molecule has 0 spiro atoms. The minimum absolute atomic E-state index is 0. The maximum atomic E-state index is 9.36. The Morgan fingerprint density at radius 3 is 1.25 bits per heavy atom. The van der Waals surface area contributed by atoms with Gasteiger partial charge in [-0.3, -0.25) is 0 Å². The second-order valence-corrected chi connectivity index (χ2v) is 0. The first kappa shape index (κ1) is 15.7. The smallest absolute Gasteiger partial charge is 0 e. The van der Waals surface area contributed by atoms with E-state index in [9.17, 15) is 0.312 Å². The molecule has 0 amide bonds. The molecule has 0 aliphatic rings. The van der Waals surface area contributed by atoms with E-state index in [1.54, 1.807) is 0 Å². The van der Waals surface area contributed by atoms with Crippen LogP contribution in [0.2, 0.25) is 0 Å². The molecular weight excluding hydrogens is 288 g/mol. The van der Waals surface area contributed by atoms with Gasteiger partial charge in [0.15, 0.2) is 0 Å². The summed E-state index contributed by atoms with van der Waals surface area (Å²) >= 11 is 1.19. The molecule has 0 aromatic rings. The van der Waals surface area contributed by atoms with E-state index in [1.807, 2.05) is 0 Å². The van der Waals surface area contributed by atoms with Crippen LogP contribution in [-0.4, -0.2) is 18.9 Å². The molecule has 1 radical (unpaired) electrons. The Balaban J connectivity index is -0.00000000500. The summed E-state index contributed by atoms with van der Waals surface area (Å²) in [5.41, 5.74) is 0. The zero-order valence-electron chi connectivity index (χ0n) is 1.22. The zero-order chi connectivity index (χ0) is 2.00. The Morgan fingerprint density at radius 1 is 1.25 bits per heavy atom. The Morgan fingerprint density at radius 2 is 1.25 bits per heavy atom. The number of hydrogen-bond acceptors (Lipinski definition) is 0. The molecule has 4 heteroatoms. The maximum Gasteiger partial charge on any atom is 0 e. The van der Waals surface area contributed by atoms with Gasteiger partial charge < -0.3 is 0 Å². The summed E-state index contributed by atoms with van der Waals surface area (Å²) in [7, 11) is 0. The molecule has 0 aromatic heterocycles. The normalized spacial score (nSPS) is 1.75. The molecule has 26 valence electrons. The van der Waals surface area contributed by atoms with Gasteiger partial charge in [0.25, 0.3) is 0 Å². The maximum absolute atomic E-state index is 9.36. The van der Waals surface area contributed by atoms with E-state index in [0.717, 1.165) is 0 Å². The van der Waals surface area contributed by atoms with Crippen LogP contribution in [0.15, 0.2) is 0 Å². The second-order valence-electron chi connectivity index (χ2n) is 0. The molecule has 0 aliphatic carbocycles. The Labute approximate surface area is 94.7 Å². The molecule has 0 N–H and O–H groups in total. The SMILES string of the molecule is [F][Yb].[LiH].[Y].